The first-order chi connectivity index (χ1) is 10.3. The monoisotopic (exact) mass is 294 g/mol. The lowest BCUT2D eigenvalue weighted by molar-refractivity contribution is 0.198. The van der Waals surface area contributed by atoms with Gasteiger partial charge in [-0.2, -0.15) is 0 Å². The van der Waals surface area contributed by atoms with Crippen LogP contribution in [0.3, 0.4) is 0 Å². The van der Waals surface area contributed by atoms with Gasteiger partial charge in [0.2, 0.25) is 5.89 Å². The quantitative estimate of drug-likeness (QED) is 0.684. The van der Waals surface area contributed by atoms with E-state index in [1.54, 1.807) is 19.2 Å². The Labute approximate surface area is 122 Å². The number of hydrogen-bond acceptors (Lipinski definition) is 6. The van der Waals surface area contributed by atoms with Crippen molar-refractivity contribution >= 4 is 6.01 Å². The van der Waals surface area contributed by atoms with Crippen LogP contribution in [0.5, 0.6) is 0 Å². The van der Waals surface area contributed by atoms with Gasteiger partial charge in [0.15, 0.2) is 0 Å². The van der Waals surface area contributed by atoms with Crippen LogP contribution in [0.2, 0.25) is 0 Å². The van der Waals surface area contributed by atoms with Gasteiger partial charge in [-0.25, -0.2) is 4.39 Å². The lowest BCUT2D eigenvalue weighted by Crippen LogP contribution is -2.18. The van der Waals surface area contributed by atoms with Gasteiger partial charge in [-0.05, 0) is 18.1 Å². The molecule has 7 heteroatoms. The molecular formula is C14H19FN4O2. The Balaban J connectivity index is 1.71. The maximum Gasteiger partial charge on any atom is 0.315 e. The van der Waals surface area contributed by atoms with E-state index in [9.17, 15) is 4.39 Å². The summed E-state index contributed by atoms with van der Waals surface area (Å²) in [5, 5.41) is 13.9. The lowest BCUT2D eigenvalue weighted by atomic mass is 10.1. The fourth-order valence-corrected chi connectivity index (χ4v) is 1.77. The number of aromatic nitrogens is 2. The Hall–Kier alpha value is -1.99. The Morgan fingerprint density at radius 3 is 2.90 bits per heavy atom. The van der Waals surface area contributed by atoms with Gasteiger partial charge in [0.05, 0.1) is 13.2 Å². The van der Waals surface area contributed by atoms with Crippen LogP contribution < -0.4 is 10.6 Å². The highest BCUT2D eigenvalue weighted by Gasteiger charge is 2.06. The molecule has 1 aromatic heterocycles. The van der Waals surface area contributed by atoms with Gasteiger partial charge in [-0.15, -0.1) is 5.10 Å². The van der Waals surface area contributed by atoms with E-state index in [2.05, 4.69) is 20.8 Å². The maximum atomic E-state index is 13.4. The zero-order valence-corrected chi connectivity index (χ0v) is 11.9. The molecule has 114 valence electrons. The van der Waals surface area contributed by atoms with Crippen molar-refractivity contribution in [2.75, 3.05) is 32.1 Å². The number of nitrogens with zero attached hydrogens (tertiary/aromatic N) is 2. The number of benzene rings is 1. The molecule has 2 N–H and O–H groups in total. The summed E-state index contributed by atoms with van der Waals surface area (Å²) in [6, 6.07) is 7.04. The molecule has 0 amide bonds. The van der Waals surface area contributed by atoms with E-state index in [0.717, 1.165) is 6.54 Å². The molecule has 0 atom stereocenters. The Bertz CT molecular complexity index is 547. The minimum atomic E-state index is -0.201. The van der Waals surface area contributed by atoms with Gasteiger partial charge in [0, 0.05) is 20.2 Å². The van der Waals surface area contributed by atoms with Crippen LogP contribution >= 0.6 is 0 Å². The van der Waals surface area contributed by atoms with Gasteiger partial charge in [-0.3, -0.25) is 0 Å². The fourth-order valence-electron chi connectivity index (χ4n) is 1.77. The summed E-state index contributed by atoms with van der Waals surface area (Å²) >= 11 is 0. The zero-order valence-electron chi connectivity index (χ0n) is 11.9. The SMILES string of the molecule is COCCNCc1nnc(NCCc2ccccc2F)o1. The lowest BCUT2D eigenvalue weighted by Gasteiger charge is -2.03. The molecule has 0 bridgehead atoms. The normalized spacial score (nSPS) is 10.8. The highest BCUT2D eigenvalue weighted by molar-refractivity contribution is 5.21. The number of methoxy groups -OCH3 is 1. The summed E-state index contributed by atoms with van der Waals surface area (Å²) in [5.41, 5.74) is 0.658. The van der Waals surface area contributed by atoms with Crippen molar-refractivity contribution in [1.82, 2.24) is 15.5 Å². The van der Waals surface area contributed by atoms with Crippen molar-refractivity contribution in [3.8, 4) is 0 Å². The molecule has 0 saturated carbocycles. The van der Waals surface area contributed by atoms with Crippen LogP contribution in [-0.4, -0.2) is 37.0 Å². The van der Waals surface area contributed by atoms with E-state index >= 15 is 0 Å². The third-order valence-corrected chi connectivity index (χ3v) is 2.85. The molecule has 1 heterocycles. The van der Waals surface area contributed by atoms with Crippen LogP contribution in [0.25, 0.3) is 0 Å². The van der Waals surface area contributed by atoms with Gasteiger partial charge in [0.25, 0.3) is 0 Å². The van der Waals surface area contributed by atoms with Crippen molar-refractivity contribution in [3.63, 3.8) is 0 Å². The predicted octanol–water partition coefficient (Wildman–Crippen LogP) is 1.60. The Morgan fingerprint density at radius 2 is 2.10 bits per heavy atom. The topological polar surface area (TPSA) is 72.2 Å². The van der Waals surface area contributed by atoms with Crippen molar-refractivity contribution in [1.29, 1.82) is 0 Å². The van der Waals surface area contributed by atoms with Crippen molar-refractivity contribution < 1.29 is 13.5 Å². The minimum absolute atomic E-state index is 0.201. The molecule has 0 aliphatic carbocycles. The first-order valence-corrected chi connectivity index (χ1v) is 6.79. The van der Waals surface area contributed by atoms with Gasteiger partial charge >= 0.3 is 6.01 Å². The Kier molecular flexibility index (Phi) is 6.11. The number of halogens is 1. The number of anilines is 1. The van der Waals surface area contributed by atoms with Crippen LogP contribution in [0.15, 0.2) is 28.7 Å². The second-order valence-electron chi connectivity index (χ2n) is 4.44. The second-order valence-corrected chi connectivity index (χ2v) is 4.44. The van der Waals surface area contributed by atoms with Gasteiger partial charge < -0.3 is 19.8 Å². The van der Waals surface area contributed by atoms with E-state index in [0.29, 0.717) is 43.6 Å². The predicted molar refractivity (Wildman–Crippen MR) is 76.5 cm³/mol. The van der Waals surface area contributed by atoms with Crippen LogP contribution in [0.1, 0.15) is 11.5 Å². The number of ether oxygens (including phenoxy) is 1. The summed E-state index contributed by atoms with van der Waals surface area (Å²) in [7, 11) is 1.64. The number of nitrogens with one attached hydrogen (secondary N) is 2. The maximum absolute atomic E-state index is 13.4. The number of hydrogen-bond donors (Lipinski definition) is 2. The molecule has 1 aromatic carbocycles. The molecule has 6 nitrogen and oxygen atoms in total. The molecule has 0 aliphatic rings. The molecule has 21 heavy (non-hydrogen) atoms. The number of rotatable bonds is 9. The average Bonchev–Trinajstić information content (AvgIpc) is 2.94. The molecule has 0 unspecified atom stereocenters. The van der Waals surface area contributed by atoms with E-state index in [-0.39, 0.29) is 5.82 Å². The van der Waals surface area contributed by atoms with Gasteiger partial charge in [0.1, 0.15) is 5.82 Å². The Morgan fingerprint density at radius 1 is 1.24 bits per heavy atom. The molecule has 2 rings (SSSR count). The summed E-state index contributed by atoms with van der Waals surface area (Å²) in [6.45, 7) is 2.36. The standard InChI is InChI=1S/C14H19FN4O2/c1-20-9-8-16-10-13-18-19-14(21-13)17-7-6-11-4-2-3-5-12(11)15/h2-5,16H,6-10H2,1H3,(H,17,19). The second kappa shape index (κ2) is 8.33. The van der Waals surface area contributed by atoms with E-state index in [4.69, 9.17) is 9.15 Å². The largest absolute Gasteiger partial charge is 0.407 e. The summed E-state index contributed by atoms with van der Waals surface area (Å²) in [6.07, 6.45) is 0.552. The first-order valence-electron chi connectivity index (χ1n) is 6.79. The molecule has 0 spiro atoms. The highest BCUT2D eigenvalue weighted by Crippen LogP contribution is 2.09. The average molecular weight is 294 g/mol. The van der Waals surface area contributed by atoms with Gasteiger partial charge in [-0.1, -0.05) is 23.3 Å². The van der Waals surface area contributed by atoms with E-state index < -0.39 is 0 Å². The van der Waals surface area contributed by atoms with Crippen molar-refractivity contribution in [2.45, 2.75) is 13.0 Å². The summed E-state index contributed by atoms with van der Waals surface area (Å²) < 4.78 is 23.7. The minimum Gasteiger partial charge on any atom is -0.407 e. The summed E-state index contributed by atoms with van der Waals surface area (Å²) in [4.78, 5) is 0. The van der Waals surface area contributed by atoms with Crippen LogP contribution in [-0.2, 0) is 17.7 Å². The molecule has 0 aliphatic heterocycles. The highest BCUT2D eigenvalue weighted by atomic mass is 19.1. The molecular weight excluding hydrogens is 275 g/mol. The molecule has 0 radical (unpaired) electrons. The smallest absolute Gasteiger partial charge is 0.315 e. The summed E-state index contributed by atoms with van der Waals surface area (Å²) in [5.74, 6) is 0.298. The third kappa shape index (κ3) is 5.13. The molecule has 0 saturated heterocycles. The van der Waals surface area contributed by atoms with Crippen LogP contribution in [0, 0.1) is 5.82 Å². The van der Waals surface area contributed by atoms with E-state index in [1.807, 2.05) is 6.07 Å². The third-order valence-electron chi connectivity index (χ3n) is 2.85. The fraction of sp³-hybridized carbons (Fsp3) is 0.429. The molecule has 2 aromatic rings. The zero-order chi connectivity index (χ0) is 14.9. The van der Waals surface area contributed by atoms with Crippen molar-refractivity contribution in [3.05, 3.63) is 41.5 Å². The van der Waals surface area contributed by atoms with E-state index in [1.165, 1.54) is 6.07 Å². The first kappa shape index (κ1) is 15.4. The van der Waals surface area contributed by atoms with Crippen molar-refractivity contribution in [2.24, 2.45) is 0 Å². The van der Waals surface area contributed by atoms with Crippen LogP contribution in [0.4, 0.5) is 10.4 Å². The molecule has 0 fully saturated rings.